The van der Waals surface area contributed by atoms with Crippen molar-refractivity contribution in [1.82, 2.24) is 20.0 Å². The molecule has 1 amide bonds. The summed E-state index contributed by atoms with van der Waals surface area (Å²) in [5, 5.41) is 1.93. The van der Waals surface area contributed by atoms with E-state index in [1.165, 1.54) is 19.3 Å². The van der Waals surface area contributed by atoms with E-state index in [1.807, 2.05) is 10.2 Å². The highest BCUT2D eigenvalue weighted by Crippen LogP contribution is 2.17. The van der Waals surface area contributed by atoms with E-state index in [9.17, 15) is 18.0 Å². The SMILES string of the molecule is CN1CCCC[C@@H]1CN1CCN(CC(=O)NCC(F)(F)F)CC1. The first-order valence-corrected chi connectivity index (χ1v) is 8.32. The molecule has 2 aliphatic rings. The molecule has 1 atom stereocenters. The van der Waals surface area contributed by atoms with Crippen LogP contribution in [0.3, 0.4) is 0 Å². The molecule has 134 valence electrons. The molecule has 1 N–H and O–H groups in total. The highest BCUT2D eigenvalue weighted by molar-refractivity contribution is 5.78. The number of hydrogen-bond donors (Lipinski definition) is 1. The van der Waals surface area contributed by atoms with Gasteiger partial charge in [0.25, 0.3) is 0 Å². The van der Waals surface area contributed by atoms with Gasteiger partial charge in [-0.2, -0.15) is 13.2 Å². The van der Waals surface area contributed by atoms with Crippen molar-refractivity contribution < 1.29 is 18.0 Å². The first-order chi connectivity index (χ1) is 10.8. The Kier molecular flexibility index (Phi) is 6.67. The fourth-order valence-corrected chi connectivity index (χ4v) is 3.26. The summed E-state index contributed by atoms with van der Waals surface area (Å²) in [7, 11) is 2.17. The van der Waals surface area contributed by atoms with Crippen molar-refractivity contribution in [2.24, 2.45) is 0 Å². The number of piperazine rings is 1. The lowest BCUT2D eigenvalue weighted by Gasteiger charge is -2.40. The summed E-state index contributed by atoms with van der Waals surface area (Å²) in [6.45, 7) is 4.21. The average molecular weight is 336 g/mol. The van der Waals surface area contributed by atoms with Crippen LogP contribution in [-0.4, -0.2) is 92.2 Å². The van der Waals surface area contributed by atoms with Gasteiger partial charge in [-0.3, -0.25) is 14.6 Å². The van der Waals surface area contributed by atoms with Gasteiger partial charge in [-0.25, -0.2) is 0 Å². The zero-order valence-electron chi connectivity index (χ0n) is 13.7. The van der Waals surface area contributed by atoms with Crippen LogP contribution in [0.25, 0.3) is 0 Å². The van der Waals surface area contributed by atoms with E-state index < -0.39 is 18.6 Å². The normalized spacial score (nSPS) is 25.5. The molecule has 5 nitrogen and oxygen atoms in total. The predicted octanol–water partition coefficient (Wildman–Crippen LogP) is 0.767. The topological polar surface area (TPSA) is 38.8 Å². The van der Waals surface area contributed by atoms with Crippen molar-refractivity contribution in [3.8, 4) is 0 Å². The van der Waals surface area contributed by atoms with Gasteiger partial charge >= 0.3 is 6.18 Å². The summed E-state index contributed by atoms with van der Waals surface area (Å²) < 4.78 is 36.2. The molecular formula is C15H27F3N4O. The molecule has 8 heteroatoms. The number of rotatable bonds is 5. The van der Waals surface area contributed by atoms with E-state index in [0.29, 0.717) is 6.04 Å². The van der Waals surface area contributed by atoms with Gasteiger partial charge in [0.05, 0.1) is 6.54 Å². The van der Waals surface area contributed by atoms with E-state index in [-0.39, 0.29) is 6.54 Å². The van der Waals surface area contributed by atoms with Crippen LogP contribution >= 0.6 is 0 Å². The molecule has 0 aromatic heterocycles. The summed E-state index contributed by atoms with van der Waals surface area (Å²) in [6.07, 6.45) is -0.556. The third kappa shape index (κ3) is 6.64. The maximum absolute atomic E-state index is 12.1. The second-order valence-corrected chi connectivity index (χ2v) is 6.60. The molecule has 0 spiro atoms. The number of piperidine rings is 1. The highest BCUT2D eigenvalue weighted by atomic mass is 19.4. The molecule has 2 heterocycles. The molecule has 0 aromatic carbocycles. The number of carbonyl (C=O) groups is 1. The van der Waals surface area contributed by atoms with Crippen LogP contribution in [0.4, 0.5) is 13.2 Å². The number of hydrogen-bond acceptors (Lipinski definition) is 4. The van der Waals surface area contributed by atoms with Gasteiger partial charge in [0, 0.05) is 38.8 Å². The van der Waals surface area contributed by atoms with Crippen LogP contribution in [0, 0.1) is 0 Å². The molecule has 2 saturated heterocycles. The molecule has 2 fully saturated rings. The van der Waals surface area contributed by atoms with Gasteiger partial charge < -0.3 is 10.2 Å². The monoisotopic (exact) mass is 336 g/mol. The minimum atomic E-state index is -4.35. The van der Waals surface area contributed by atoms with Crippen molar-refractivity contribution in [3.05, 3.63) is 0 Å². The number of halogens is 3. The minimum Gasteiger partial charge on any atom is -0.346 e. The van der Waals surface area contributed by atoms with Crippen LogP contribution < -0.4 is 5.32 Å². The van der Waals surface area contributed by atoms with E-state index in [0.717, 1.165) is 39.3 Å². The quantitative estimate of drug-likeness (QED) is 0.805. The Labute approximate surface area is 135 Å². The Hall–Kier alpha value is -0.860. The Balaban J connectivity index is 1.64. The predicted molar refractivity (Wildman–Crippen MR) is 82.2 cm³/mol. The zero-order chi connectivity index (χ0) is 16.9. The first kappa shape index (κ1) is 18.5. The third-order valence-electron chi connectivity index (χ3n) is 4.71. The Morgan fingerprint density at radius 2 is 1.74 bits per heavy atom. The standard InChI is InChI=1S/C15H27F3N4O/c1-20-5-3-2-4-13(20)10-21-6-8-22(9-7-21)11-14(23)19-12-15(16,17)18/h13H,2-12H2,1H3,(H,19,23)/t13-/m1/s1. The van der Waals surface area contributed by atoms with Crippen molar-refractivity contribution in [1.29, 1.82) is 0 Å². The van der Waals surface area contributed by atoms with Crippen LogP contribution in [0.2, 0.25) is 0 Å². The summed E-state index contributed by atoms with van der Waals surface area (Å²) in [5.41, 5.74) is 0. The molecule has 0 saturated carbocycles. The molecule has 0 aromatic rings. The lowest BCUT2D eigenvalue weighted by molar-refractivity contribution is -0.139. The molecular weight excluding hydrogens is 309 g/mol. The zero-order valence-corrected chi connectivity index (χ0v) is 13.7. The smallest absolute Gasteiger partial charge is 0.346 e. The Morgan fingerprint density at radius 3 is 2.35 bits per heavy atom. The van der Waals surface area contributed by atoms with Gasteiger partial charge in [-0.15, -0.1) is 0 Å². The lowest BCUT2D eigenvalue weighted by atomic mass is 10.0. The number of nitrogens with one attached hydrogen (secondary N) is 1. The lowest BCUT2D eigenvalue weighted by Crippen LogP contribution is -2.53. The van der Waals surface area contributed by atoms with Crippen LogP contribution in [-0.2, 0) is 4.79 Å². The van der Waals surface area contributed by atoms with Crippen LogP contribution in [0.15, 0.2) is 0 Å². The molecule has 0 unspecified atom stereocenters. The number of alkyl halides is 3. The summed E-state index contributed by atoms with van der Waals surface area (Å²) in [4.78, 5) is 18.3. The second-order valence-electron chi connectivity index (χ2n) is 6.60. The maximum atomic E-state index is 12.1. The van der Waals surface area contributed by atoms with E-state index in [4.69, 9.17) is 0 Å². The Morgan fingerprint density at radius 1 is 1.09 bits per heavy atom. The maximum Gasteiger partial charge on any atom is 0.405 e. The van der Waals surface area contributed by atoms with Gasteiger partial charge in [0.2, 0.25) is 5.91 Å². The molecule has 0 aliphatic carbocycles. The highest BCUT2D eigenvalue weighted by Gasteiger charge is 2.29. The number of nitrogens with zero attached hydrogens (tertiary/aromatic N) is 3. The van der Waals surface area contributed by atoms with E-state index in [1.54, 1.807) is 0 Å². The fraction of sp³-hybridized carbons (Fsp3) is 0.933. The van der Waals surface area contributed by atoms with Crippen LogP contribution in [0.1, 0.15) is 19.3 Å². The number of carbonyl (C=O) groups excluding carboxylic acids is 1. The Bertz CT molecular complexity index is 383. The van der Waals surface area contributed by atoms with E-state index in [2.05, 4.69) is 16.8 Å². The number of likely N-dealkylation sites (N-methyl/N-ethyl adjacent to an activating group) is 1. The van der Waals surface area contributed by atoms with Crippen molar-refractivity contribution in [2.45, 2.75) is 31.5 Å². The molecule has 2 rings (SSSR count). The average Bonchev–Trinajstić information content (AvgIpc) is 2.49. The molecule has 0 radical (unpaired) electrons. The third-order valence-corrected chi connectivity index (χ3v) is 4.71. The summed E-state index contributed by atoms with van der Waals surface area (Å²) in [5.74, 6) is -0.553. The molecule has 2 aliphatic heterocycles. The van der Waals surface area contributed by atoms with Gasteiger partial charge in [0.1, 0.15) is 6.54 Å². The largest absolute Gasteiger partial charge is 0.405 e. The minimum absolute atomic E-state index is 0.0489. The number of likely N-dealkylation sites (tertiary alicyclic amines) is 1. The molecule has 23 heavy (non-hydrogen) atoms. The van der Waals surface area contributed by atoms with Gasteiger partial charge in [0.15, 0.2) is 0 Å². The number of amides is 1. The van der Waals surface area contributed by atoms with Gasteiger partial charge in [-0.1, -0.05) is 6.42 Å². The van der Waals surface area contributed by atoms with Crippen molar-refractivity contribution >= 4 is 5.91 Å². The molecule has 0 bridgehead atoms. The van der Waals surface area contributed by atoms with Crippen molar-refractivity contribution in [2.75, 3.05) is 59.4 Å². The second kappa shape index (κ2) is 8.30. The summed E-state index contributed by atoms with van der Waals surface area (Å²) >= 11 is 0. The summed E-state index contributed by atoms with van der Waals surface area (Å²) in [6, 6.07) is 0.602. The van der Waals surface area contributed by atoms with Gasteiger partial charge in [-0.05, 0) is 26.4 Å². The van der Waals surface area contributed by atoms with Crippen LogP contribution in [0.5, 0.6) is 0 Å². The van der Waals surface area contributed by atoms with Crippen molar-refractivity contribution in [3.63, 3.8) is 0 Å². The first-order valence-electron chi connectivity index (χ1n) is 8.32. The fourth-order valence-electron chi connectivity index (χ4n) is 3.26. The van der Waals surface area contributed by atoms with E-state index >= 15 is 0 Å².